The van der Waals surface area contributed by atoms with Crippen LogP contribution in [0.15, 0.2) is 35.5 Å². The first-order chi connectivity index (χ1) is 8.81. The summed E-state index contributed by atoms with van der Waals surface area (Å²) < 4.78 is 0. The van der Waals surface area contributed by atoms with Gasteiger partial charge in [-0.1, -0.05) is 24.3 Å². The Morgan fingerprint density at radius 1 is 0.889 bits per heavy atom. The van der Waals surface area contributed by atoms with Crippen LogP contribution in [-0.2, 0) is 0 Å². The Hall–Kier alpha value is -2.36. The second kappa shape index (κ2) is 4.14. The summed E-state index contributed by atoms with van der Waals surface area (Å²) in [7, 11) is 0. The lowest BCUT2D eigenvalue weighted by Crippen LogP contribution is -1.79. The van der Waals surface area contributed by atoms with E-state index in [2.05, 4.69) is 24.3 Å². The molecule has 1 aromatic heterocycles. The van der Waals surface area contributed by atoms with E-state index in [4.69, 9.17) is 10.5 Å². The van der Waals surface area contributed by atoms with E-state index < -0.39 is 0 Å². The molecule has 0 aliphatic heterocycles. The van der Waals surface area contributed by atoms with Crippen LogP contribution in [0.2, 0.25) is 0 Å². The van der Waals surface area contributed by atoms with Gasteiger partial charge in [-0.05, 0) is 29.7 Å². The first kappa shape index (κ1) is 10.8. The van der Waals surface area contributed by atoms with Gasteiger partial charge in [0.15, 0.2) is 0 Å². The van der Waals surface area contributed by atoms with Crippen LogP contribution in [-0.4, -0.2) is 0 Å². The predicted octanol–water partition coefficient (Wildman–Crippen LogP) is 3.79. The van der Waals surface area contributed by atoms with Gasteiger partial charge in [-0.15, -0.1) is 11.3 Å². The molecule has 0 saturated heterocycles. The van der Waals surface area contributed by atoms with Crippen molar-refractivity contribution in [3.8, 4) is 12.1 Å². The van der Waals surface area contributed by atoms with Gasteiger partial charge in [-0.25, -0.2) is 0 Å². The highest BCUT2D eigenvalue weighted by atomic mass is 32.1. The van der Waals surface area contributed by atoms with Gasteiger partial charge in [0, 0.05) is 11.1 Å². The highest BCUT2D eigenvalue weighted by Gasteiger charge is 2.18. The number of hydrogen-bond donors (Lipinski definition) is 0. The number of hydrogen-bond acceptors (Lipinski definition) is 3. The van der Waals surface area contributed by atoms with E-state index in [0.29, 0.717) is 9.75 Å². The van der Waals surface area contributed by atoms with Crippen LogP contribution in [0.3, 0.4) is 0 Å². The second-order valence-corrected chi connectivity index (χ2v) is 5.17. The first-order valence-corrected chi connectivity index (χ1v) is 6.36. The van der Waals surface area contributed by atoms with Crippen molar-refractivity contribution in [2.24, 2.45) is 0 Å². The van der Waals surface area contributed by atoms with Gasteiger partial charge in [-0.2, -0.15) is 10.5 Å². The average molecular weight is 248 g/mol. The maximum absolute atomic E-state index is 9.16. The highest BCUT2D eigenvalue weighted by molar-refractivity contribution is 7.13. The minimum absolute atomic E-state index is 0.620. The molecule has 0 saturated carbocycles. The zero-order chi connectivity index (χ0) is 12.5. The normalized spacial score (nSPS) is 15.7. The predicted molar refractivity (Wildman–Crippen MR) is 72.6 cm³/mol. The molecule has 2 aliphatic rings. The molecule has 1 heterocycles. The van der Waals surface area contributed by atoms with Crippen molar-refractivity contribution in [2.45, 2.75) is 6.42 Å². The van der Waals surface area contributed by atoms with Gasteiger partial charge >= 0.3 is 0 Å². The van der Waals surface area contributed by atoms with Crippen molar-refractivity contribution in [1.82, 2.24) is 0 Å². The van der Waals surface area contributed by atoms with Gasteiger partial charge in [0.25, 0.3) is 0 Å². The number of thiophene rings is 1. The molecule has 0 radical (unpaired) electrons. The summed E-state index contributed by atoms with van der Waals surface area (Å²) in [6.45, 7) is 0. The maximum atomic E-state index is 9.16. The Kier molecular flexibility index (Phi) is 2.48. The van der Waals surface area contributed by atoms with E-state index >= 15 is 0 Å². The Bertz CT molecular complexity index is 667. The fourth-order valence-corrected chi connectivity index (χ4v) is 3.04. The van der Waals surface area contributed by atoms with Crippen molar-refractivity contribution in [2.75, 3.05) is 0 Å². The van der Waals surface area contributed by atoms with Crippen LogP contribution in [0, 0.1) is 22.7 Å². The summed E-state index contributed by atoms with van der Waals surface area (Å²) in [6, 6.07) is 4.37. The monoisotopic (exact) mass is 248 g/mol. The molecule has 18 heavy (non-hydrogen) atoms. The third-order valence-electron chi connectivity index (χ3n) is 2.99. The van der Waals surface area contributed by atoms with Crippen molar-refractivity contribution >= 4 is 23.5 Å². The zero-order valence-corrected chi connectivity index (χ0v) is 10.3. The molecule has 1 aromatic rings. The average Bonchev–Trinajstić information content (AvgIpc) is 2.57. The van der Waals surface area contributed by atoms with Gasteiger partial charge in [0.05, 0.1) is 0 Å². The molecule has 0 atom stereocenters. The fourth-order valence-electron chi connectivity index (χ4n) is 2.19. The van der Waals surface area contributed by atoms with Crippen LogP contribution >= 0.6 is 11.3 Å². The number of rotatable bonds is 0. The molecular formula is C15H8N2S. The summed E-state index contributed by atoms with van der Waals surface area (Å²) >= 11 is 1.27. The maximum Gasteiger partial charge on any atom is 0.113 e. The lowest BCUT2D eigenvalue weighted by atomic mass is 10.1. The van der Waals surface area contributed by atoms with Crippen LogP contribution < -0.4 is 0 Å². The third kappa shape index (κ3) is 1.62. The lowest BCUT2D eigenvalue weighted by Gasteiger charge is -1.98. The van der Waals surface area contributed by atoms with E-state index in [0.717, 1.165) is 17.5 Å². The quantitative estimate of drug-likeness (QED) is 0.701. The van der Waals surface area contributed by atoms with Crippen molar-refractivity contribution < 1.29 is 0 Å². The summed E-state index contributed by atoms with van der Waals surface area (Å²) in [6.07, 6.45) is 13.0. The van der Waals surface area contributed by atoms with Crippen LogP contribution in [0.25, 0.3) is 12.2 Å². The number of nitriles is 2. The van der Waals surface area contributed by atoms with Gasteiger partial charge < -0.3 is 0 Å². The highest BCUT2D eigenvalue weighted by Crippen LogP contribution is 2.36. The molecule has 0 amide bonds. The molecule has 84 valence electrons. The molecule has 2 bridgehead atoms. The van der Waals surface area contributed by atoms with Gasteiger partial charge in [-0.3, -0.25) is 0 Å². The minimum atomic E-state index is 0.620. The topological polar surface area (TPSA) is 47.6 Å². The second-order valence-electron chi connectivity index (χ2n) is 4.14. The van der Waals surface area contributed by atoms with E-state index in [9.17, 15) is 0 Å². The molecule has 0 unspecified atom stereocenters. The number of allylic oxidation sites excluding steroid dienone is 6. The lowest BCUT2D eigenvalue weighted by molar-refractivity contribution is 1.25. The first-order valence-electron chi connectivity index (χ1n) is 5.54. The molecule has 2 nitrogen and oxygen atoms in total. The number of fused-ring (bicyclic) bond motifs is 3. The molecular weight excluding hydrogens is 240 g/mol. The molecule has 2 aliphatic carbocycles. The minimum Gasteiger partial charge on any atom is -0.192 e. The zero-order valence-electron chi connectivity index (χ0n) is 9.47. The van der Waals surface area contributed by atoms with Gasteiger partial charge in [0.2, 0.25) is 0 Å². The standard InChI is InChI=1S/C15H8N2S/c16-8-14-12-6-10-3-1-2-4-11(5-10)7-13(12)15(9-17)18-14/h1-4,6-7H,5H2. The Morgan fingerprint density at radius 2 is 1.39 bits per heavy atom. The van der Waals surface area contributed by atoms with E-state index in [1.807, 2.05) is 24.3 Å². The molecule has 3 rings (SSSR count). The smallest absolute Gasteiger partial charge is 0.113 e. The largest absolute Gasteiger partial charge is 0.192 e. The molecule has 3 heteroatoms. The van der Waals surface area contributed by atoms with Crippen LogP contribution in [0.1, 0.15) is 27.3 Å². The van der Waals surface area contributed by atoms with Crippen molar-refractivity contribution in [1.29, 1.82) is 10.5 Å². The van der Waals surface area contributed by atoms with Crippen LogP contribution in [0.4, 0.5) is 0 Å². The Labute approximate surface area is 109 Å². The van der Waals surface area contributed by atoms with E-state index in [1.54, 1.807) is 0 Å². The van der Waals surface area contributed by atoms with E-state index in [1.165, 1.54) is 22.5 Å². The summed E-state index contributed by atoms with van der Waals surface area (Å²) in [4.78, 5) is 1.24. The number of nitrogens with zero attached hydrogens (tertiary/aromatic N) is 2. The molecule has 0 N–H and O–H groups in total. The van der Waals surface area contributed by atoms with Crippen molar-refractivity contribution in [3.63, 3.8) is 0 Å². The third-order valence-corrected chi connectivity index (χ3v) is 4.02. The van der Waals surface area contributed by atoms with Crippen molar-refractivity contribution in [3.05, 3.63) is 56.3 Å². The Morgan fingerprint density at radius 3 is 1.83 bits per heavy atom. The van der Waals surface area contributed by atoms with E-state index in [-0.39, 0.29) is 0 Å². The SMILES string of the molecule is N#Cc1sc(C#N)c2c1C=C1C=CC=CC(=C2)C1. The molecule has 0 fully saturated rings. The molecule has 0 aromatic carbocycles. The molecule has 0 spiro atoms. The fraction of sp³-hybridized carbons (Fsp3) is 0.0667. The van der Waals surface area contributed by atoms with Crippen LogP contribution in [0.5, 0.6) is 0 Å². The Balaban J connectivity index is 2.35. The summed E-state index contributed by atoms with van der Waals surface area (Å²) in [5.74, 6) is 0. The summed E-state index contributed by atoms with van der Waals surface area (Å²) in [5, 5.41) is 18.3. The summed E-state index contributed by atoms with van der Waals surface area (Å²) in [5.41, 5.74) is 4.13. The van der Waals surface area contributed by atoms with Gasteiger partial charge in [0.1, 0.15) is 21.9 Å².